The Balaban J connectivity index is 2.16. The van der Waals surface area contributed by atoms with E-state index in [2.05, 4.69) is 16.6 Å². The van der Waals surface area contributed by atoms with Crippen LogP contribution in [-0.4, -0.2) is 26.8 Å². The van der Waals surface area contributed by atoms with Crippen LogP contribution in [0.15, 0.2) is 76.3 Å². The number of pyridine rings is 1. The Morgan fingerprint density at radius 1 is 1.29 bits per heavy atom. The van der Waals surface area contributed by atoms with E-state index >= 15 is 0 Å². The molecule has 1 aromatic carbocycles. The van der Waals surface area contributed by atoms with Crippen molar-refractivity contribution in [2.75, 3.05) is 6.54 Å². The maximum absolute atomic E-state index is 11.2. The third-order valence-electron chi connectivity index (χ3n) is 3.81. The van der Waals surface area contributed by atoms with Crippen molar-refractivity contribution in [3.8, 4) is 11.3 Å². The highest BCUT2D eigenvalue weighted by molar-refractivity contribution is 7.07. The Hall–Kier alpha value is -3.39. The second-order valence-electron chi connectivity index (χ2n) is 6.20. The van der Waals surface area contributed by atoms with Gasteiger partial charge in [-0.15, -0.1) is 11.3 Å². The van der Waals surface area contributed by atoms with Crippen molar-refractivity contribution in [2.24, 2.45) is 10.1 Å². The number of nitrogens with zero attached hydrogens (tertiary/aromatic N) is 5. The van der Waals surface area contributed by atoms with E-state index in [1.54, 1.807) is 16.9 Å². The third-order valence-corrected chi connectivity index (χ3v) is 4.66. The summed E-state index contributed by atoms with van der Waals surface area (Å²) in [6.45, 7) is 8.14. The molecule has 2 aromatic heterocycles. The number of rotatable bonds is 6. The topological polar surface area (TPSA) is 85.7 Å². The molecular weight excluding hydrogens is 374 g/mol. The van der Waals surface area contributed by atoms with Crippen molar-refractivity contribution < 1.29 is 4.92 Å². The summed E-state index contributed by atoms with van der Waals surface area (Å²) in [7, 11) is 0. The van der Waals surface area contributed by atoms with E-state index in [1.807, 2.05) is 43.5 Å². The molecule has 0 unspecified atom stereocenters. The molecule has 8 heteroatoms. The molecule has 3 rings (SSSR count). The van der Waals surface area contributed by atoms with Gasteiger partial charge in [0, 0.05) is 29.3 Å². The lowest BCUT2D eigenvalue weighted by atomic mass is 10.1. The maximum atomic E-state index is 11.2. The molecule has 0 radical (unpaired) electrons. The number of benzene rings is 1. The molecule has 2 heterocycles. The van der Waals surface area contributed by atoms with Gasteiger partial charge >= 0.3 is 0 Å². The van der Waals surface area contributed by atoms with Gasteiger partial charge in [-0.1, -0.05) is 30.4 Å². The first-order chi connectivity index (χ1) is 13.5. The number of non-ortho nitro benzene ring substituents is 1. The minimum Gasteiger partial charge on any atom is -0.258 e. The minimum absolute atomic E-state index is 0.0288. The minimum atomic E-state index is -0.408. The van der Waals surface area contributed by atoms with Gasteiger partial charge in [0.15, 0.2) is 0 Å². The molecule has 0 spiro atoms. The molecular formula is C20H19N5O2S. The quantitative estimate of drug-likeness (QED) is 0.271. The van der Waals surface area contributed by atoms with Gasteiger partial charge in [-0.2, -0.15) is 5.10 Å². The summed E-state index contributed by atoms with van der Waals surface area (Å²) in [4.78, 5) is 20.3. The number of hydrogen-bond donors (Lipinski definition) is 0. The van der Waals surface area contributed by atoms with E-state index in [0.717, 1.165) is 17.0 Å². The molecule has 0 bridgehead atoms. The number of nitro groups is 1. The largest absolute Gasteiger partial charge is 0.270 e. The van der Waals surface area contributed by atoms with E-state index in [4.69, 9.17) is 5.10 Å². The average molecular weight is 393 g/mol. The van der Waals surface area contributed by atoms with Gasteiger partial charge in [0.05, 0.1) is 28.6 Å². The molecule has 0 amide bonds. The molecule has 0 aliphatic rings. The second kappa shape index (κ2) is 8.53. The van der Waals surface area contributed by atoms with Crippen molar-refractivity contribution >= 4 is 22.7 Å². The molecule has 0 saturated heterocycles. The van der Waals surface area contributed by atoms with E-state index in [1.165, 1.54) is 23.5 Å². The fourth-order valence-electron chi connectivity index (χ4n) is 2.46. The Kier molecular flexibility index (Phi) is 5.90. The molecule has 0 aliphatic carbocycles. The summed E-state index contributed by atoms with van der Waals surface area (Å²) < 4.78 is 1.71. The number of hydrogen-bond acceptors (Lipinski definition) is 6. The van der Waals surface area contributed by atoms with Gasteiger partial charge in [-0.25, -0.2) is 4.68 Å². The van der Waals surface area contributed by atoms with Gasteiger partial charge in [0.1, 0.15) is 0 Å². The van der Waals surface area contributed by atoms with Crippen molar-refractivity contribution in [2.45, 2.75) is 13.8 Å². The maximum Gasteiger partial charge on any atom is 0.270 e. The summed E-state index contributed by atoms with van der Waals surface area (Å²) in [5.41, 5.74) is 3.84. The zero-order valence-corrected chi connectivity index (χ0v) is 16.4. The molecule has 0 N–H and O–H groups in total. The smallest absolute Gasteiger partial charge is 0.258 e. The Labute approximate surface area is 166 Å². The normalized spacial score (nSPS) is 12.2. The third kappa shape index (κ3) is 4.47. The Morgan fingerprint density at radius 3 is 2.79 bits per heavy atom. The van der Waals surface area contributed by atoms with Crippen LogP contribution < -0.4 is 4.80 Å². The molecule has 0 saturated carbocycles. The number of aromatic nitrogens is 2. The summed E-state index contributed by atoms with van der Waals surface area (Å²) in [6.07, 6.45) is 1.71. The van der Waals surface area contributed by atoms with E-state index in [0.29, 0.717) is 22.6 Å². The summed E-state index contributed by atoms with van der Waals surface area (Å²) >= 11 is 1.42. The molecule has 142 valence electrons. The van der Waals surface area contributed by atoms with Crippen molar-refractivity contribution in [1.29, 1.82) is 0 Å². The predicted octanol–water partition coefficient (Wildman–Crippen LogP) is 4.27. The molecule has 0 aliphatic heterocycles. The van der Waals surface area contributed by atoms with Crippen LogP contribution in [0.4, 0.5) is 5.69 Å². The highest BCUT2D eigenvalue weighted by atomic mass is 32.1. The summed E-state index contributed by atoms with van der Waals surface area (Å²) in [6, 6.07) is 12.1. The van der Waals surface area contributed by atoms with E-state index in [-0.39, 0.29) is 5.69 Å². The predicted molar refractivity (Wildman–Crippen MR) is 111 cm³/mol. The molecule has 7 nitrogen and oxygen atoms in total. The van der Waals surface area contributed by atoms with Crippen LogP contribution in [0, 0.1) is 10.1 Å². The fourth-order valence-corrected chi connectivity index (χ4v) is 3.29. The fraction of sp³-hybridized carbons (Fsp3) is 0.150. The van der Waals surface area contributed by atoms with Gasteiger partial charge < -0.3 is 0 Å². The van der Waals surface area contributed by atoms with Gasteiger partial charge in [0.2, 0.25) is 4.80 Å². The van der Waals surface area contributed by atoms with Crippen LogP contribution >= 0.6 is 11.3 Å². The number of thiazole rings is 1. The van der Waals surface area contributed by atoms with Crippen LogP contribution in [0.5, 0.6) is 0 Å². The zero-order chi connectivity index (χ0) is 20.1. The monoisotopic (exact) mass is 393 g/mol. The van der Waals surface area contributed by atoms with Crippen molar-refractivity contribution in [3.05, 3.63) is 86.8 Å². The molecule has 0 atom stereocenters. The highest BCUT2D eigenvalue weighted by Crippen LogP contribution is 2.24. The van der Waals surface area contributed by atoms with Gasteiger partial charge in [-0.05, 0) is 26.0 Å². The molecule has 3 aromatic rings. The molecule has 0 fully saturated rings. The summed E-state index contributed by atoms with van der Waals surface area (Å²) in [5, 5.41) is 17.8. The van der Waals surface area contributed by atoms with Crippen LogP contribution in [0.1, 0.15) is 19.5 Å². The Bertz CT molecular complexity index is 1110. The molecule has 28 heavy (non-hydrogen) atoms. The SMILES string of the molecule is C=C(C)CN=c1scc(-c2cccc([N+](=O)[O-])c2)n1N=C(C)c1ccccn1. The van der Waals surface area contributed by atoms with E-state index in [9.17, 15) is 10.1 Å². The first-order valence-corrected chi connectivity index (χ1v) is 9.41. The lowest BCUT2D eigenvalue weighted by Gasteiger charge is -2.06. The van der Waals surface area contributed by atoms with Crippen LogP contribution in [0.3, 0.4) is 0 Å². The van der Waals surface area contributed by atoms with Crippen LogP contribution in [-0.2, 0) is 0 Å². The standard InChI is InChI=1S/C20H19N5O2S/c1-14(2)12-22-20-24(23-15(3)18-9-4-5-10-21-18)19(13-28-20)16-7-6-8-17(11-16)25(26)27/h4-11,13H,1,12H2,2-3H3. The lowest BCUT2D eigenvalue weighted by molar-refractivity contribution is -0.384. The van der Waals surface area contributed by atoms with Crippen molar-refractivity contribution in [1.82, 2.24) is 9.66 Å². The average Bonchev–Trinajstić information content (AvgIpc) is 3.09. The van der Waals surface area contributed by atoms with Gasteiger partial charge in [0.25, 0.3) is 5.69 Å². The number of nitro benzene ring substituents is 1. The van der Waals surface area contributed by atoms with Crippen LogP contribution in [0.25, 0.3) is 11.3 Å². The van der Waals surface area contributed by atoms with E-state index < -0.39 is 4.92 Å². The summed E-state index contributed by atoms with van der Waals surface area (Å²) in [5.74, 6) is 0. The first kappa shape index (κ1) is 19.4. The second-order valence-corrected chi connectivity index (χ2v) is 7.03. The zero-order valence-electron chi connectivity index (χ0n) is 15.6. The highest BCUT2D eigenvalue weighted by Gasteiger charge is 2.13. The first-order valence-electron chi connectivity index (χ1n) is 8.53. The van der Waals surface area contributed by atoms with Gasteiger partial charge in [-0.3, -0.25) is 20.1 Å². The van der Waals surface area contributed by atoms with Crippen molar-refractivity contribution in [3.63, 3.8) is 0 Å². The Morgan fingerprint density at radius 2 is 2.11 bits per heavy atom. The lowest BCUT2D eigenvalue weighted by Crippen LogP contribution is -2.15. The van der Waals surface area contributed by atoms with Crippen LogP contribution in [0.2, 0.25) is 0 Å².